The van der Waals surface area contributed by atoms with E-state index in [1.54, 1.807) is 31.7 Å². The Hall–Kier alpha value is -3.84. The Balaban J connectivity index is 1.99. The van der Waals surface area contributed by atoms with Gasteiger partial charge in [0.1, 0.15) is 11.6 Å². The molecule has 0 amide bonds. The summed E-state index contributed by atoms with van der Waals surface area (Å²) < 4.78 is 14.6. The average molecular weight is 433 g/mol. The van der Waals surface area contributed by atoms with Crippen molar-refractivity contribution in [2.75, 3.05) is 12.8 Å². The van der Waals surface area contributed by atoms with Gasteiger partial charge in [-0.3, -0.25) is 4.99 Å². The molecule has 3 heterocycles. The number of fused-ring (bicyclic) bond motifs is 1. The molecule has 4 rings (SSSR count). The number of hydrogen-bond donors (Lipinski definition) is 2. The van der Waals surface area contributed by atoms with Crippen molar-refractivity contribution in [2.24, 2.45) is 10.7 Å². The van der Waals surface area contributed by atoms with Crippen LogP contribution in [-0.2, 0) is 0 Å². The van der Waals surface area contributed by atoms with Gasteiger partial charge in [-0.25, -0.2) is 19.3 Å². The van der Waals surface area contributed by atoms with Crippen LogP contribution >= 0.6 is 11.6 Å². The second-order valence-corrected chi connectivity index (χ2v) is 7.16. The van der Waals surface area contributed by atoms with E-state index in [1.807, 2.05) is 18.2 Å². The molecule has 0 saturated carbocycles. The molecule has 8 heteroatoms. The standard InChI is InChI=1S/C23H18ClFN6/c1-28-11-14(10-26)18-7-13(12-30-22(18)27)17-9-21(19-8-15(24)4-5-20(19)25)31-23-16(17)3-2-6-29-23/h2-12H,26H2,1H3,(H2,27,30). The summed E-state index contributed by atoms with van der Waals surface area (Å²) in [6.45, 7) is 0. The zero-order valence-corrected chi connectivity index (χ0v) is 17.3. The van der Waals surface area contributed by atoms with Crippen LogP contribution in [-0.4, -0.2) is 28.2 Å². The summed E-state index contributed by atoms with van der Waals surface area (Å²) in [5.41, 5.74) is 15.8. The molecule has 1 aromatic carbocycles. The number of allylic oxidation sites excluding steroid dienone is 1. The highest BCUT2D eigenvalue weighted by Gasteiger charge is 2.15. The van der Waals surface area contributed by atoms with E-state index in [-0.39, 0.29) is 5.56 Å². The van der Waals surface area contributed by atoms with Gasteiger partial charge in [-0.15, -0.1) is 0 Å². The maximum atomic E-state index is 14.6. The number of benzene rings is 1. The molecule has 154 valence electrons. The molecule has 0 atom stereocenters. The minimum atomic E-state index is -0.429. The quantitative estimate of drug-likeness (QED) is 0.453. The maximum absolute atomic E-state index is 14.6. The highest BCUT2D eigenvalue weighted by Crippen LogP contribution is 2.34. The Morgan fingerprint density at radius 1 is 1.13 bits per heavy atom. The predicted molar refractivity (Wildman–Crippen MR) is 124 cm³/mol. The lowest BCUT2D eigenvalue weighted by Gasteiger charge is -2.12. The largest absolute Gasteiger partial charge is 0.404 e. The summed E-state index contributed by atoms with van der Waals surface area (Å²) in [4.78, 5) is 17.3. The Kier molecular flexibility index (Phi) is 5.60. The highest BCUT2D eigenvalue weighted by atomic mass is 35.5. The minimum Gasteiger partial charge on any atom is -0.404 e. The number of nitrogens with zero attached hydrogens (tertiary/aromatic N) is 4. The summed E-state index contributed by atoms with van der Waals surface area (Å²) in [6, 6.07) is 11.7. The van der Waals surface area contributed by atoms with E-state index in [4.69, 9.17) is 23.1 Å². The zero-order valence-electron chi connectivity index (χ0n) is 16.6. The van der Waals surface area contributed by atoms with Crippen molar-refractivity contribution in [2.45, 2.75) is 0 Å². The fraction of sp³-hybridized carbons (Fsp3) is 0.0435. The van der Waals surface area contributed by atoms with E-state index in [1.165, 1.54) is 24.4 Å². The van der Waals surface area contributed by atoms with Gasteiger partial charge >= 0.3 is 0 Å². The van der Waals surface area contributed by atoms with Gasteiger partial charge < -0.3 is 11.5 Å². The first-order valence-electron chi connectivity index (χ1n) is 9.33. The van der Waals surface area contributed by atoms with Crippen LogP contribution in [0.4, 0.5) is 10.2 Å². The lowest BCUT2D eigenvalue weighted by atomic mass is 9.98. The van der Waals surface area contributed by atoms with Crippen LogP contribution in [0.15, 0.2) is 66.1 Å². The van der Waals surface area contributed by atoms with Crippen molar-refractivity contribution in [3.05, 3.63) is 77.5 Å². The number of aliphatic imine (C=N–C) groups is 1. The zero-order chi connectivity index (χ0) is 22.0. The molecule has 0 aliphatic carbocycles. The van der Waals surface area contributed by atoms with Crippen molar-refractivity contribution in [1.82, 2.24) is 15.0 Å². The van der Waals surface area contributed by atoms with Crippen molar-refractivity contribution in [1.29, 1.82) is 0 Å². The number of anilines is 1. The van der Waals surface area contributed by atoms with Crippen LogP contribution in [0.25, 0.3) is 39.0 Å². The molecule has 0 unspecified atom stereocenters. The first kappa shape index (κ1) is 20.4. The predicted octanol–water partition coefficient (Wildman–Crippen LogP) is 4.73. The Bertz CT molecular complexity index is 1350. The van der Waals surface area contributed by atoms with Gasteiger partial charge in [-0.2, -0.15) is 0 Å². The smallest absolute Gasteiger partial charge is 0.160 e. The molecule has 31 heavy (non-hydrogen) atoms. The Morgan fingerprint density at radius 2 is 1.97 bits per heavy atom. The highest BCUT2D eigenvalue weighted by molar-refractivity contribution is 6.30. The van der Waals surface area contributed by atoms with Gasteiger partial charge in [-0.05, 0) is 48.0 Å². The van der Waals surface area contributed by atoms with Crippen molar-refractivity contribution in [3.63, 3.8) is 0 Å². The summed E-state index contributed by atoms with van der Waals surface area (Å²) in [5, 5.41) is 1.20. The normalized spacial score (nSPS) is 12.0. The summed E-state index contributed by atoms with van der Waals surface area (Å²) in [6.07, 6.45) is 6.31. The molecule has 3 aromatic heterocycles. The average Bonchev–Trinajstić information content (AvgIpc) is 2.79. The van der Waals surface area contributed by atoms with Crippen molar-refractivity contribution >= 4 is 40.2 Å². The molecule has 4 aromatic rings. The first-order chi connectivity index (χ1) is 15.0. The van der Waals surface area contributed by atoms with Gasteiger partial charge in [-0.1, -0.05) is 11.6 Å². The number of pyridine rings is 3. The van der Waals surface area contributed by atoms with Gasteiger partial charge in [0.2, 0.25) is 0 Å². The topological polar surface area (TPSA) is 103 Å². The Labute approximate surface area is 183 Å². The third kappa shape index (κ3) is 3.95. The van der Waals surface area contributed by atoms with Crippen molar-refractivity contribution in [3.8, 4) is 22.4 Å². The Morgan fingerprint density at radius 3 is 2.74 bits per heavy atom. The van der Waals surface area contributed by atoms with Crippen LogP contribution in [0.2, 0.25) is 5.02 Å². The molecule has 4 N–H and O–H groups in total. The number of nitrogens with two attached hydrogens (primary N) is 2. The van der Waals surface area contributed by atoms with E-state index in [2.05, 4.69) is 19.9 Å². The van der Waals surface area contributed by atoms with Crippen LogP contribution in [0.1, 0.15) is 5.56 Å². The van der Waals surface area contributed by atoms with Crippen molar-refractivity contribution < 1.29 is 4.39 Å². The summed E-state index contributed by atoms with van der Waals surface area (Å²) in [7, 11) is 1.64. The number of halogens is 2. The van der Waals surface area contributed by atoms with Gasteiger partial charge in [0.05, 0.1) is 5.69 Å². The second-order valence-electron chi connectivity index (χ2n) is 6.72. The van der Waals surface area contributed by atoms with Crippen LogP contribution in [0.5, 0.6) is 0 Å². The lowest BCUT2D eigenvalue weighted by Crippen LogP contribution is -2.01. The summed E-state index contributed by atoms with van der Waals surface area (Å²) >= 11 is 6.10. The van der Waals surface area contributed by atoms with Gasteiger partial charge in [0.15, 0.2) is 5.65 Å². The molecule has 0 bridgehead atoms. The molecular weight excluding hydrogens is 415 g/mol. The fourth-order valence-corrected chi connectivity index (χ4v) is 3.50. The van der Waals surface area contributed by atoms with Crippen LogP contribution < -0.4 is 11.5 Å². The fourth-order valence-electron chi connectivity index (χ4n) is 3.32. The minimum absolute atomic E-state index is 0.283. The molecular formula is C23H18ClFN6. The monoisotopic (exact) mass is 432 g/mol. The van der Waals surface area contributed by atoms with Crippen LogP contribution in [0, 0.1) is 5.82 Å². The lowest BCUT2D eigenvalue weighted by molar-refractivity contribution is 0.631. The second kappa shape index (κ2) is 8.49. The SMILES string of the molecule is CN=CC(=CN)c1cc(-c2cc(-c3cc(Cl)ccc3F)nc3ncccc23)cnc1N. The van der Waals surface area contributed by atoms with E-state index in [0.29, 0.717) is 33.3 Å². The molecule has 0 saturated heterocycles. The van der Waals surface area contributed by atoms with Gasteiger partial charge in [0.25, 0.3) is 0 Å². The van der Waals surface area contributed by atoms with E-state index in [9.17, 15) is 4.39 Å². The molecule has 0 aliphatic heterocycles. The van der Waals surface area contributed by atoms with E-state index < -0.39 is 5.82 Å². The van der Waals surface area contributed by atoms with E-state index in [0.717, 1.165) is 16.5 Å². The van der Waals surface area contributed by atoms with Crippen LogP contribution in [0.3, 0.4) is 0 Å². The third-order valence-electron chi connectivity index (χ3n) is 4.78. The summed E-state index contributed by atoms with van der Waals surface area (Å²) in [5.74, 6) is -0.111. The number of hydrogen-bond acceptors (Lipinski definition) is 6. The number of nitrogen functional groups attached to an aromatic ring is 1. The molecule has 0 spiro atoms. The molecule has 0 aliphatic rings. The van der Waals surface area contributed by atoms with Gasteiger partial charge in [0, 0.05) is 64.5 Å². The maximum Gasteiger partial charge on any atom is 0.160 e. The molecule has 0 fully saturated rings. The van der Waals surface area contributed by atoms with E-state index >= 15 is 0 Å². The first-order valence-corrected chi connectivity index (χ1v) is 9.71. The third-order valence-corrected chi connectivity index (χ3v) is 5.01. The number of rotatable bonds is 4. The molecule has 0 radical (unpaired) electrons. The molecule has 6 nitrogen and oxygen atoms in total. The number of aromatic nitrogens is 3.